The molecule has 0 fully saturated rings. The first-order chi connectivity index (χ1) is 34.0. The van der Waals surface area contributed by atoms with Gasteiger partial charge in [0.25, 0.3) is 0 Å². The van der Waals surface area contributed by atoms with Gasteiger partial charge in [-0.1, -0.05) is 268 Å². The smallest absolute Gasteiger partial charge is 0.306 e. The van der Waals surface area contributed by atoms with Crippen molar-refractivity contribution in [3.05, 3.63) is 60.8 Å². The van der Waals surface area contributed by atoms with Crippen LogP contribution >= 0.6 is 0 Å². The van der Waals surface area contributed by atoms with Crippen molar-refractivity contribution >= 4 is 17.9 Å². The van der Waals surface area contributed by atoms with Crippen molar-refractivity contribution in [3.63, 3.8) is 0 Å². The summed E-state index contributed by atoms with van der Waals surface area (Å²) in [4.78, 5) is 38.2. The number of ether oxygens (including phenoxy) is 3. The zero-order valence-electron chi connectivity index (χ0n) is 45.8. The van der Waals surface area contributed by atoms with Crippen molar-refractivity contribution in [2.45, 2.75) is 309 Å². The van der Waals surface area contributed by atoms with Gasteiger partial charge in [0, 0.05) is 19.3 Å². The Morgan fingerprint density at radius 1 is 0.304 bits per heavy atom. The Bertz CT molecular complexity index is 1250. The summed E-state index contributed by atoms with van der Waals surface area (Å²) in [6.45, 7) is 6.60. The van der Waals surface area contributed by atoms with E-state index in [1.54, 1.807) is 0 Å². The summed E-state index contributed by atoms with van der Waals surface area (Å²) >= 11 is 0. The Morgan fingerprint density at radius 3 is 0.957 bits per heavy atom. The Labute approximate surface area is 428 Å². The Hall–Kier alpha value is -2.89. The average molecular weight is 966 g/mol. The fourth-order valence-electron chi connectivity index (χ4n) is 8.51. The molecule has 6 heteroatoms. The van der Waals surface area contributed by atoms with Crippen LogP contribution in [0.3, 0.4) is 0 Å². The van der Waals surface area contributed by atoms with Gasteiger partial charge in [0.2, 0.25) is 0 Å². The van der Waals surface area contributed by atoms with Crippen molar-refractivity contribution in [2.75, 3.05) is 13.2 Å². The molecule has 0 saturated heterocycles. The standard InChI is InChI=1S/C63H112O6/c1-4-7-10-13-16-19-22-25-28-31-33-35-38-41-44-47-50-53-56-62(65)68-59-60(58-67-61(64)55-52-49-46-43-40-37-34-30-27-24-21-18-15-12-9-6-3)69-63(66)57-54-51-48-45-42-39-36-32-29-26-23-20-17-14-11-8-5-2/h26,29-30,34,36-37,39-40,45,48,60H,4-25,27-28,31-33,35,38,41-44,46-47,49-59H2,1-3H3/b29-26-,34-30-,39-36-,40-37-,48-45-. The molecular weight excluding hydrogens is 853 g/mol. The lowest BCUT2D eigenvalue weighted by molar-refractivity contribution is -0.167. The monoisotopic (exact) mass is 965 g/mol. The van der Waals surface area contributed by atoms with Crippen LogP contribution in [0.15, 0.2) is 60.8 Å². The second kappa shape index (κ2) is 57.7. The minimum absolute atomic E-state index is 0.1000. The highest BCUT2D eigenvalue weighted by Gasteiger charge is 2.19. The molecule has 0 aromatic heterocycles. The fraction of sp³-hybridized carbons (Fsp3) is 0.794. The molecule has 69 heavy (non-hydrogen) atoms. The van der Waals surface area contributed by atoms with Crippen LogP contribution in [0, 0.1) is 0 Å². The molecule has 0 aliphatic heterocycles. The van der Waals surface area contributed by atoms with Crippen LogP contribution in [0.5, 0.6) is 0 Å². The topological polar surface area (TPSA) is 78.9 Å². The van der Waals surface area contributed by atoms with Gasteiger partial charge in [-0.3, -0.25) is 14.4 Å². The van der Waals surface area contributed by atoms with Crippen molar-refractivity contribution in [2.24, 2.45) is 0 Å². The van der Waals surface area contributed by atoms with Crippen LogP contribution in [0.2, 0.25) is 0 Å². The first-order valence-corrected chi connectivity index (χ1v) is 29.8. The van der Waals surface area contributed by atoms with E-state index in [1.165, 1.54) is 186 Å². The largest absolute Gasteiger partial charge is 0.462 e. The van der Waals surface area contributed by atoms with Gasteiger partial charge >= 0.3 is 17.9 Å². The van der Waals surface area contributed by atoms with Gasteiger partial charge in [0.05, 0.1) is 0 Å². The lowest BCUT2D eigenvalue weighted by atomic mass is 10.0. The third kappa shape index (κ3) is 55.9. The van der Waals surface area contributed by atoms with Crippen molar-refractivity contribution in [1.82, 2.24) is 0 Å². The first-order valence-electron chi connectivity index (χ1n) is 29.8. The van der Waals surface area contributed by atoms with E-state index in [1.807, 2.05) is 0 Å². The SMILES string of the molecule is CCCCCCCC/C=C\C/C=C\C/C=C\CCCC(=O)OC(COC(=O)CCCCC/C=C\C=C/CCCCCCCCC)COC(=O)CCCCCCCCCCCCCCCCCCCC. The maximum absolute atomic E-state index is 12.8. The van der Waals surface area contributed by atoms with Gasteiger partial charge in [0.15, 0.2) is 6.10 Å². The zero-order chi connectivity index (χ0) is 50.0. The quantitative estimate of drug-likeness (QED) is 0.0199. The lowest BCUT2D eigenvalue weighted by Gasteiger charge is -2.18. The number of allylic oxidation sites excluding steroid dienone is 10. The van der Waals surface area contributed by atoms with Gasteiger partial charge in [0.1, 0.15) is 13.2 Å². The summed E-state index contributed by atoms with van der Waals surface area (Å²) in [5.74, 6) is -0.967. The minimum atomic E-state index is -0.810. The number of hydrogen-bond donors (Lipinski definition) is 0. The maximum atomic E-state index is 12.8. The van der Waals surface area contributed by atoms with Crippen LogP contribution in [-0.4, -0.2) is 37.2 Å². The molecule has 0 aromatic rings. The number of carbonyl (C=O) groups is 3. The molecule has 0 N–H and O–H groups in total. The highest BCUT2D eigenvalue weighted by molar-refractivity contribution is 5.71. The van der Waals surface area contributed by atoms with Crippen LogP contribution in [-0.2, 0) is 28.6 Å². The molecule has 0 heterocycles. The van der Waals surface area contributed by atoms with E-state index < -0.39 is 6.10 Å². The summed E-state index contributed by atoms with van der Waals surface area (Å²) < 4.78 is 16.8. The molecule has 0 aliphatic rings. The normalized spacial score (nSPS) is 12.4. The maximum Gasteiger partial charge on any atom is 0.306 e. The molecule has 400 valence electrons. The van der Waals surface area contributed by atoms with Gasteiger partial charge < -0.3 is 14.2 Å². The molecule has 0 radical (unpaired) electrons. The average Bonchev–Trinajstić information content (AvgIpc) is 3.35. The third-order valence-electron chi connectivity index (χ3n) is 13.0. The number of hydrogen-bond acceptors (Lipinski definition) is 6. The van der Waals surface area contributed by atoms with E-state index >= 15 is 0 Å². The zero-order valence-corrected chi connectivity index (χ0v) is 45.8. The molecule has 0 rings (SSSR count). The predicted octanol–water partition coefficient (Wildman–Crippen LogP) is 20.0. The van der Waals surface area contributed by atoms with E-state index in [-0.39, 0.29) is 37.5 Å². The molecule has 0 amide bonds. The molecule has 1 unspecified atom stereocenters. The van der Waals surface area contributed by atoms with E-state index in [4.69, 9.17) is 14.2 Å². The van der Waals surface area contributed by atoms with E-state index in [2.05, 4.69) is 81.5 Å². The molecule has 1 atom stereocenters. The second-order valence-electron chi connectivity index (χ2n) is 19.9. The van der Waals surface area contributed by atoms with Crippen LogP contribution in [0.25, 0.3) is 0 Å². The number of rotatable bonds is 54. The highest BCUT2D eigenvalue weighted by atomic mass is 16.6. The van der Waals surface area contributed by atoms with Crippen molar-refractivity contribution in [1.29, 1.82) is 0 Å². The van der Waals surface area contributed by atoms with Crippen LogP contribution in [0.4, 0.5) is 0 Å². The summed E-state index contributed by atoms with van der Waals surface area (Å²) in [6.07, 6.45) is 72.2. The van der Waals surface area contributed by atoms with Gasteiger partial charge in [-0.15, -0.1) is 0 Å². The number of carbonyl (C=O) groups excluding carboxylic acids is 3. The lowest BCUT2D eigenvalue weighted by Crippen LogP contribution is -2.30. The van der Waals surface area contributed by atoms with Crippen LogP contribution < -0.4 is 0 Å². The molecule has 0 bridgehead atoms. The minimum Gasteiger partial charge on any atom is -0.462 e. The summed E-state index contributed by atoms with van der Waals surface area (Å²) in [7, 11) is 0. The Balaban J connectivity index is 4.46. The molecule has 0 aromatic carbocycles. The fourth-order valence-corrected chi connectivity index (χ4v) is 8.51. The van der Waals surface area contributed by atoms with Gasteiger partial charge in [-0.2, -0.15) is 0 Å². The molecule has 0 aliphatic carbocycles. The number of esters is 3. The van der Waals surface area contributed by atoms with E-state index in [0.717, 1.165) is 70.6 Å². The summed E-state index contributed by atoms with van der Waals surface area (Å²) in [5.41, 5.74) is 0. The Morgan fingerprint density at radius 2 is 0.580 bits per heavy atom. The van der Waals surface area contributed by atoms with Crippen molar-refractivity contribution in [3.8, 4) is 0 Å². The highest BCUT2D eigenvalue weighted by Crippen LogP contribution is 2.16. The van der Waals surface area contributed by atoms with Crippen molar-refractivity contribution < 1.29 is 28.6 Å². The summed E-state index contributed by atoms with van der Waals surface area (Å²) in [5, 5.41) is 0. The second-order valence-corrected chi connectivity index (χ2v) is 19.9. The van der Waals surface area contributed by atoms with E-state index in [9.17, 15) is 14.4 Å². The molecule has 0 saturated carbocycles. The number of unbranched alkanes of at least 4 members (excludes halogenated alkanes) is 34. The van der Waals surface area contributed by atoms with Gasteiger partial charge in [-0.05, 0) is 77.0 Å². The third-order valence-corrected chi connectivity index (χ3v) is 13.0. The molecule has 6 nitrogen and oxygen atoms in total. The predicted molar refractivity (Wildman–Crippen MR) is 298 cm³/mol. The molecule has 0 spiro atoms. The van der Waals surface area contributed by atoms with Crippen LogP contribution in [0.1, 0.15) is 303 Å². The van der Waals surface area contributed by atoms with Gasteiger partial charge in [-0.25, -0.2) is 0 Å². The summed E-state index contributed by atoms with van der Waals surface area (Å²) in [6, 6.07) is 0. The Kier molecular flexibility index (Phi) is 55.3. The van der Waals surface area contributed by atoms with E-state index in [0.29, 0.717) is 19.3 Å². The molecular formula is C63H112O6. The first kappa shape index (κ1) is 66.1.